The molecule has 1 fully saturated rings. The molecule has 2 atom stereocenters. The molecule has 1 amide bonds. The van der Waals surface area contributed by atoms with Gasteiger partial charge in [-0.1, -0.05) is 38.5 Å². The van der Waals surface area contributed by atoms with Gasteiger partial charge in [0.05, 0.1) is 5.56 Å². The molecule has 23 heavy (non-hydrogen) atoms. The Kier molecular flexibility index (Phi) is 5.71. The molecule has 0 saturated carbocycles. The molecule has 0 aliphatic carbocycles. The van der Waals surface area contributed by atoms with Crippen LogP contribution < -0.4 is 0 Å². The van der Waals surface area contributed by atoms with Gasteiger partial charge in [0.1, 0.15) is 0 Å². The zero-order valence-electron chi connectivity index (χ0n) is 13.7. The van der Waals surface area contributed by atoms with Gasteiger partial charge in [0.25, 0.3) is 0 Å². The lowest BCUT2D eigenvalue weighted by molar-refractivity contribution is -0.139. The number of carbonyl (C=O) groups is 1. The highest BCUT2D eigenvalue weighted by Gasteiger charge is 2.34. The molecule has 1 aromatic carbocycles. The highest BCUT2D eigenvalue weighted by molar-refractivity contribution is 5.77. The van der Waals surface area contributed by atoms with E-state index in [4.69, 9.17) is 0 Å². The van der Waals surface area contributed by atoms with Gasteiger partial charge in [-0.05, 0) is 36.3 Å². The summed E-state index contributed by atoms with van der Waals surface area (Å²) in [6, 6.07) is 5.55. The smallest absolute Gasteiger partial charge is 0.342 e. The zero-order valence-corrected chi connectivity index (χ0v) is 13.7. The van der Waals surface area contributed by atoms with E-state index in [1.54, 1.807) is 13.0 Å². The van der Waals surface area contributed by atoms with E-state index in [0.717, 1.165) is 31.9 Å². The van der Waals surface area contributed by atoms with Crippen LogP contribution in [0.1, 0.15) is 56.6 Å². The lowest BCUT2D eigenvalue weighted by Crippen LogP contribution is -2.34. The number of carbonyl (C=O) groups excluding carboxylic acids is 1. The first-order chi connectivity index (χ1) is 10.8. The molecule has 5 heteroatoms. The Bertz CT molecular complexity index is 541. The molecular formula is C18H24F3NO. The lowest BCUT2D eigenvalue weighted by atomic mass is 9.92. The first kappa shape index (κ1) is 17.8. The van der Waals surface area contributed by atoms with E-state index in [1.165, 1.54) is 12.1 Å². The maximum atomic E-state index is 13.1. The first-order valence-corrected chi connectivity index (χ1v) is 8.23. The van der Waals surface area contributed by atoms with E-state index in [9.17, 15) is 18.0 Å². The second kappa shape index (κ2) is 7.37. The zero-order chi connectivity index (χ0) is 17.0. The molecule has 128 valence electrons. The van der Waals surface area contributed by atoms with Crippen molar-refractivity contribution in [3.05, 3.63) is 35.4 Å². The predicted molar refractivity (Wildman–Crippen MR) is 84.1 cm³/mol. The monoisotopic (exact) mass is 327 g/mol. The Labute approximate surface area is 135 Å². The number of benzene rings is 1. The average Bonchev–Trinajstić information content (AvgIpc) is 2.71. The molecule has 0 unspecified atom stereocenters. The number of rotatable bonds is 3. The summed E-state index contributed by atoms with van der Waals surface area (Å²) in [7, 11) is 0. The number of amides is 1. The van der Waals surface area contributed by atoms with Gasteiger partial charge in [0.2, 0.25) is 5.91 Å². The van der Waals surface area contributed by atoms with Crippen LogP contribution in [0.5, 0.6) is 0 Å². The number of halogens is 3. The third-order valence-electron chi connectivity index (χ3n) is 4.54. The van der Waals surface area contributed by atoms with Crippen LogP contribution in [-0.2, 0) is 11.0 Å². The number of likely N-dealkylation sites (tertiary alicyclic amines) is 1. The fraction of sp³-hybridized carbons (Fsp3) is 0.611. The molecule has 1 aliphatic rings. The normalized spacial score (nSPS) is 20.9. The summed E-state index contributed by atoms with van der Waals surface area (Å²) in [5, 5.41) is 0. The molecule has 1 saturated heterocycles. The molecular weight excluding hydrogens is 303 g/mol. The molecule has 0 bridgehead atoms. The summed E-state index contributed by atoms with van der Waals surface area (Å²) in [6.45, 7) is 5.25. The van der Waals surface area contributed by atoms with Crippen LogP contribution in [0.15, 0.2) is 24.3 Å². The van der Waals surface area contributed by atoms with Crippen molar-refractivity contribution >= 4 is 5.91 Å². The first-order valence-electron chi connectivity index (χ1n) is 8.23. The topological polar surface area (TPSA) is 20.3 Å². The van der Waals surface area contributed by atoms with Crippen molar-refractivity contribution in [3.8, 4) is 0 Å². The Morgan fingerprint density at radius 2 is 2.00 bits per heavy atom. The number of nitrogens with zero attached hydrogens (tertiary/aromatic N) is 1. The largest absolute Gasteiger partial charge is 0.416 e. The Hall–Kier alpha value is -1.52. The Morgan fingerprint density at radius 3 is 2.70 bits per heavy atom. The second-order valence-corrected chi connectivity index (χ2v) is 6.63. The summed E-state index contributed by atoms with van der Waals surface area (Å²) in [4.78, 5) is 14.3. The van der Waals surface area contributed by atoms with Crippen LogP contribution in [0, 0.1) is 5.92 Å². The quantitative estimate of drug-likeness (QED) is 0.777. The molecule has 0 radical (unpaired) electrons. The maximum Gasteiger partial charge on any atom is 0.416 e. The van der Waals surface area contributed by atoms with Gasteiger partial charge in [-0.3, -0.25) is 4.79 Å². The van der Waals surface area contributed by atoms with E-state index in [2.05, 4.69) is 6.92 Å². The van der Waals surface area contributed by atoms with E-state index in [1.807, 2.05) is 4.90 Å². The van der Waals surface area contributed by atoms with Crippen molar-refractivity contribution in [1.82, 2.24) is 4.90 Å². The predicted octanol–water partition coefficient (Wildman–Crippen LogP) is 4.85. The molecule has 2 rings (SSSR count). The molecule has 0 N–H and O–H groups in total. The van der Waals surface area contributed by atoms with E-state index in [-0.39, 0.29) is 17.9 Å². The van der Waals surface area contributed by atoms with E-state index >= 15 is 0 Å². The summed E-state index contributed by atoms with van der Waals surface area (Å²) in [5.74, 6) is -0.0265. The number of hydrogen-bond acceptors (Lipinski definition) is 1. The molecule has 0 spiro atoms. The third-order valence-corrected chi connectivity index (χ3v) is 4.54. The van der Waals surface area contributed by atoms with Gasteiger partial charge in [0.15, 0.2) is 0 Å². The molecule has 1 aromatic rings. The molecule has 1 heterocycles. The van der Waals surface area contributed by atoms with Crippen LogP contribution in [0.4, 0.5) is 13.2 Å². The summed E-state index contributed by atoms with van der Waals surface area (Å²) < 4.78 is 39.3. The van der Waals surface area contributed by atoms with Crippen LogP contribution >= 0.6 is 0 Å². The fourth-order valence-electron chi connectivity index (χ4n) is 3.27. The minimum atomic E-state index is -4.38. The highest BCUT2D eigenvalue weighted by Crippen LogP contribution is 2.36. The van der Waals surface area contributed by atoms with E-state index in [0.29, 0.717) is 12.5 Å². The van der Waals surface area contributed by atoms with Gasteiger partial charge in [-0.15, -0.1) is 0 Å². The van der Waals surface area contributed by atoms with Crippen molar-refractivity contribution in [2.75, 3.05) is 13.1 Å². The van der Waals surface area contributed by atoms with Gasteiger partial charge < -0.3 is 4.90 Å². The third kappa shape index (κ3) is 4.72. The van der Waals surface area contributed by atoms with Gasteiger partial charge in [-0.2, -0.15) is 13.2 Å². The molecule has 0 aromatic heterocycles. The minimum absolute atomic E-state index is 0.0387. The lowest BCUT2D eigenvalue weighted by Gasteiger charge is -2.25. The summed E-state index contributed by atoms with van der Waals surface area (Å²) in [6.07, 6.45) is -1.07. The number of hydrogen-bond donors (Lipinski definition) is 0. The van der Waals surface area contributed by atoms with E-state index < -0.39 is 17.7 Å². The van der Waals surface area contributed by atoms with Crippen molar-refractivity contribution in [2.45, 2.75) is 51.6 Å². The molecule has 2 nitrogen and oxygen atoms in total. The van der Waals surface area contributed by atoms with Crippen molar-refractivity contribution < 1.29 is 18.0 Å². The minimum Gasteiger partial charge on any atom is -0.342 e. The second-order valence-electron chi connectivity index (χ2n) is 6.63. The van der Waals surface area contributed by atoms with Gasteiger partial charge >= 0.3 is 6.18 Å². The van der Waals surface area contributed by atoms with Crippen molar-refractivity contribution in [1.29, 1.82) is 0 Å². The van der Waals surface area contributed by atoms with Crippen molar-refractivity contribution in [2.24, 2.45) is 5.92 Å². The van der Waals surface area contributed by atoms with Gasteiger partial charge in [-0.25, -0.2) is 0 Å². The van der Waals surface area contributed by atoms with Crippen LogP contribution in [0.25, 0.3) is 0 Å². The van der Waals surface area contributed by atoms with Crippen LogP contribution in [0.2, 0.25) is 0 Å². The Balaban J connectivity index is 2.10. The summed E-state index contributed by atoms with van der Waals surface area (Å²) in [5.41, 5.74) is -0.430. The maximum absolute atomic E-state index is 13.1. The average molecular weight is 327 g/mol. The van der Waals surface area contributed by atoms with Crippen LogP contribution in [0.3, 0.4) is 0 Å². The standard InChI is InChI=1S/C18H24F3NO/c1-13-7-5-6-10-22(12-13)17(23)11-14(2)15-8-3-4-9-16(15)18(19,20)21/h3-4,8-9,13-14H,5-7,10-12H2,1-2H3/t13-,14-/m1/s1. The SMILES string of the molecule is C[C@@H]1CCCCN(C(=O)C[C@@H](C)c2ccccc2C(F)(F)F)C1. The fourth-order valence-corrected chi connectivity index (χ4v) is 3.27. The number of alkyl halides is 3. The molecule has 1 aliphatic heterocycles. The van der Waals surface area contributed by atoms with Crippen LogP contribution in [-0.4, -0.2) is 23.9 Å². The van der Waals surface area contributed by atoms with Gasteiger partial charge in [0, 0.05) is 19.5 Å². The highest BCUT2D eigenvalue weighted by atomic mass is 19.4. The van der Waals surface area contributed by atoms with Crippen molar-refractivity contribution in [3.63, 3.8) is 0 Å². The Morgan fingerprint density at radius 1 is 1.30 bits per heavy atom. The summed E-state index contributed by atoms with van der Waals surface area (Å²) >= 11 is 0.